The number of nitrogens with one attached hydrogen (secondary N) is 1. The minimum Gasteiger partial charge on any atom is -0.487 e. The third-order valence-corrected chi connectivity index (χ3v) is 5.34. The van der Waals surface area contributed by atoms with Crippen molar-refractivity contribution in [3.05, 3.63) is 101 Å². The number of hydrogen-bond acceptors (Lipinski definition) is 5. The fraction of sp³-hybridized carbons (Fsp3) is 0.241. The topological polar surface area (TPSA) is 78.0 Å². The highest BCUT2D eigenvalue weighted by Crippen LogP contribution is 2.22. The molecule has 186 valence electrons. The molecule has 0 aliphatic carbocycles. The number of hydrogen-bond donors (Lipinski definition) is 1. The van der Waals surface area contributed by atoms with Crippen LogP contribution in [0.4, 0.5) is 0 Å². The molecule has 0 unspecified atom stereocenters. The molecule has 2 aromatic heterocycles. The molecular formula is C29H31N3O4. The van der Waals surface area contributed by atoms with Gasteiger partial charge in [0.15, 0.2) is 5.76 Å². The molecule has 0 saturated heterocycles. The molecule has 0 bridgehead atoms. The number of hydrazone groups is 1. The van der Waals surface area contributed by atoms with Gasteiger partial charge in [-0.15, -0.1) is 0 Å². The number of benzene rings is 2. The van der Waals surface area contributed by atoms with Crippen molar-refractivity contribution < 1.29 is 18.7 Å². The minimum absolute atomic E-state index is 0.152. The van der Waals surface area contributed by atoms with Crippen LogP contribution >= 0.6 is 0 Å². The van der Waals surface area contributed by atoms with Gasteiger partial charge in [-0.25, -0.2) is 5.43 Å². The molecular weight excluding hydrogens is 454 g/mol. The van der Waals surface area contributed by atoms with Crippen LogP contribution in [0.25, 0.3) is 5.69 Å². The van der Waals surface area contributed by atoms with Crippen molar-refractivity contribution in [1.82, 2.24) is 9.99 Å². The van der Waals surface area contributed by atoms with Crippen LogP contribution in [0.3, 0.4) is 0 Å². The van der Waals surface area contributed by atoms with Crippen LogP contribution < -0.4 is 14.9 Å². The number of para-hydroxylation sites is 1. The number of amides is 1. The molecule has 4 aromatic rings. The molecule has 4 rings (SSSR count). The molecule has 0 radical (unpaired) electrons. The number of nitrogens with zero attached hydrogens (tertiary/aromatic N) is 2. The highest BCUT2D eigenvalue weighted by molar-refractivity contribution is 5.92. The van der Waals surface area contributed by atoms with Gasteiger partial charge in [-0.3, -0.25) is 4.79 Å². The van der Waals surface area contributed by atoms with E-state index in [0.29, 0.717) is 17.3 Å². The number of carbonyl (C=O) groups is 1. The molecule has 1 amide bonds. The molecule has 0 atom stereocenters. The van der Waals surface area contributed by atoms with Gasteiger partial charge < -0.3 is 18.5 Å². The molecule has 0 spiro atoms. The fourth-order valence-corrected chi connectivity index (χ4v) is 3.72. The molecule has 1 N–H and O–H groups in total. The van der Waals surface area contributed by atoms with Gasteiger partial charge in [0.2, 0.25) is 0 Å². The lowest BCUT2D eigenvalue weighted by Gasteiger charge is -2.22. The summed E-state index contributed by atoms with van der Waals surface area (Å²) in [5.41, 5.74) is 6.33. The van der Waals surface area contributed by atoms with Gasteiger partial charge in [-0.1, -0.05) is 12.1 Å². The second-order valence-corrected chi connectivity index (χ2v) is 9.45. The van der Waals surface area contributed by atoms with Crippen LogP contribution in [0, 0.1) is 13.8 Å². The van der Waals surface area contributed by atoms with Crippen molar-refractivity contribution in [2.24, 2.45) is 5.10 Å². The first-order valence-electron chi connectivity index (χ1n) is 11.8. The van der Waals surface area contributed by atoms with Gasteiger partial charge in [-0.05, 0) is 95.3 Å². The van der Waals surface area contributed by atoms with Crippen molar-refractivity contribution in [1.29, 1.82) is 0 Å². The predicted octanol–water partition coefficient (Wildman–Crippen LogP) is 6.21. The smallest absolute Gasteiger partial charge is 0.307 e. The first-order chi connectivity index (χ1) is 17.2. The molecule has 0 aliphatic rings. The maximum Gasteiger partial charge on any atom is 0.307 e. The van der Waals surface area contributed by atoms with Crippen LogP contribution in [0.5, 0.6) is 11.5 Å². The Morgan fingerprint density at radius 3 is 2.36 bits per heavy atom. The van der Waals surface area contributed by atoms with Crippen molar-refractivity contribution in [2.75, 3.05) is 0 Å². The molecule has 0 fully saturated rings. The lowest BCUT2D eigenvalue weighted by molar-refractivity contribution is 0.0923. The summed E-state index contributed by atoms with van der Waals surface area (Å²) in [7, 11) is 0. The van der Waals surface area contributed by atoms with Crippen molar-refractivity contribution in [2.45, 2.75) is 46.8 Å². The monoisotopic (exact) mass is 485 g/mol. The van der Waals surface area contributed by atoms with E-state index in [0.717, 1.165) is 11.3 Å². The molecule has 0 saturated carbocycles. The van der Waals surface area contributed by atoms with E-state index in [1.807, 2.05) is 69.3 Å². The van der Waals surface area contributed by atoms with Crippen molar-refractivity contribution in [3.63, 3.8) is 0 Å². The first kappa shape index (κ1) is 24.9. The molecule has 2 heterocycles. The van der Waals surface area contributed by atoms with E-state index in [4.69, 9.17) is 13.9 Å². The Labute approximate surface area is 211 Å². The minimum atomic E-state index is -0.450. The predicted molar refractivity (Wildman–Crippen MR) is 140 cm³/mol. The van der Waals surface area contributed by atoms with Crippen molar-refractivity contribution >= 4 is 12.1 Å². The largest absolute Gasteiger partial charge is 0.487 e. The van der Waals surface area contributed by atoms with E-state index >= 15 is 0 Å². The van der Waals surface area contributed by atoms with Crippen LogP contribution in [0.15, 0.2) is 82.3 Å². The van der Waals surface area contributed by atoms with E-state index in [2.05, 4.69) is 41.1 Å². The first-order valence-corrected chi connectivity index (χ1v) is 11.8. The van der Waals surface area contributed by atoms with Gasteiger partial charge >= 0.3 is 5.91 Å². The van der Waals surface area contributed by atoms with Crippen LogP contribution in [-0.4, -0.2) is 22.3 Å². The second kappa shape index (κ2) is 10.6. The van der Waals surface area contributed by atoms with E-state index < -0.39 is 5.91 Å². The van der Waals surface area contributed by atoms with Gasteiger partial charge in [0.25, 0.3) is 0 Å². The SMILES string of the molecule is Cc1ccc(C)n1-c1ccc(OCc2ccc(C(=O)NN=Cc3ccccc3OC(C)(C)C)o2)cc1. The zero-order valence-electron chi connectivity index (χ0n) is 21.2. The highest BCUT2D eigenvalue weighted by Gasteiger charge is 2.14. The summed E-state index contributed by atoms with van der Waals surface area (Å²) < 4.78 is 19.6. The van der Waals surface area contributed by atoms with Gasteiger partial charge in [-0.2, -0.15) is 5.10 Å². The lowest BCUT2D eigenvalue weighted by atomic mass is 10.1. The molecule has 7 heteroatoms. The number of rotatable bonds is 8. The van der Waals surface area contributed by atoms with E-state index in [9.17, 15) is 4.79 Å². The van der Waals surface area contributed by atoms with Crippen LogP contribution in [0.2, 0.25) is 0 Å². The molecule has 36 heavy (non-hydrogen) atoms. The van der Waals surface area contributed by atoms with Gasteiger partial charge in [0.1, 0.15) is 29.5 Å². The quantitative estimate of drug-likeness (QED) is 0.238. The van der Waals surface area contributed by atoms with E-state index in [1.165, 1.54) is 11.4 Å². The maximum atomic E-state index is 12.4. The average molecular weight is 486 g/mol. The lowest BCUT2D eigenvalue weighted by Crippen LogP contribution is -2.23. The second-order valence-electron chi connectivity index (χ2n) is 9.45. The number of carbonyl (C=O) groups excluding carboxylic acids is 1. The highest BCUT2D eigenvalue weighted by atomic mass is 16.5. The summed E-state index contributed by atoms with van der Waals surface area (Å²) in [5, 5.41) is 4.06. The summed E-state index contributed by atoms with van der Waals surface area (Å²) in [6, 6.07) is 22.9. The summed E-state index contributed by atoms with van der Waals surface area (Å²) in [5.74, 6) is 1.64. The summed E-state index contributed by atoms with van der Waals surface area (Å²) in [6.45, 7) is 10.3. The maximum absolute atomic E-state index is 12.4. The summed E-state index contributed by atoms with van der Waals surface area (Å²) in [6.07, 6.45) is 1.55. The third-order valence-electron chi connectivity index (χ3n) is 5.34. The van der Waals surface area contributed by atoms with Crippen LogP contribution in [0.1, 0.15) is 54.0 Å². The number of aryl methyl sites for hydroxylation is 2. The Kier molecular flexibility index (Phi) is 7.29. The zero-order chi connectivity index (χ0) is 25.7. The Morgan fingerprint density at radius 1 is 0.972 bits per heavy atom. The third kappa shape index (κ3) is 6.24. The molecule has 2 aromatic carbocycles. The number of ether oxygens (including phenoxy) is 2. The molecule has 7 nitrogen and oxygen atoms in total. The normalized spacial score (nSPS) is 11.6. The Morgan fingerprint density at radius 2 is 1.67 bits per heavy atom. The molecule has 0 aliphatic heterocycles. The van der Waals surface area contributed by atoms with Crippen LogP contribution in [-0.2, 0) is 6.61 Å². The standard InChI is InChI=1S/C29H31N3O4/c1-20-10-11-21(2)32(20)23-12-14-24(15-13-23)34-19-25-16-17-27(35-25)28(33)31-30-18-22-8-6-7-9-26(22)36-29(3,4)5/h6-18H,19H2,1-5H3,(H,31,33). The summed E-state index contributed by atoms with van der Waals surface area (Å²) in [4.78, 5) is 12.4. The Bertz CT molecular complexity index is 1340. The Balaban J connectivity index is 1.32. The zero-order valence-corrected chi connectivity index (χ0v) is 21.2. The Hall–Kier alpha value is -4.26. The van der Waals surface area contributed by atoms with Crippen molar-refractivity contribution in [3.8, 4) is 17.2 Å². The van der Waals surface area contributed by atoms with E-state index in [1.54, 1.807) is 18.3 Å². The summed E-state index contributed by atoms with van der Waals surface area (Å²) >= 11 is 0. The van der Waals surface area contributed by atoms with Gasteiger partial charge in [0.05, 0.1) is 6.21 Å². The van der Waals surface area contributed by atoms with Gasteiger partial charge in [0, 0.05) is 22.6 Å². The average Bonchev–Trinajstić information content (AvgIpc) is 3.44. The fourth-order valence-electron chi connectivity index (χ4n) is 3.72. The number of furan rings is 1. The number of aromatic nitrogens is 1. The van der Waals surface area contributed by atoms with E-state index in [-0.39, 0.29) is 18.0 Å².